The summed E-state index contributed by atoms with van der Waals surface area (Å²) in [5, 5.41) is 0. The molecule has 4 rings (SSSR count). The van der Waals surface area contributed by atoms with Crippen molar-refractivity contribution in [3.63, 3.8) is 0 Å². The van der Waals surface area contributed by atoms with Crippen LogP contribution in [-0.2, 0) is 23.5 Å². The summed E-state index contributed by atoms with van der Waals surface area (Å²) in [5.74, 6) is 0.358. The third-order valence-corrected chi connectivity index (χ3v) is 5.92. The van der Waals surface area contributed by atoms with Crippen molar-refractivity contribution >= 4 is 26.6 Å². The number of fused-ring (bicyclic) bond motifs is 2. The normalized spacial score (nSPS) is 12.2. The van der Waals surface area contributed by atoms with Gasteiger partial charge < -0.3 is 8.82 Å². The Kier molecular flexibility index (Phi) is 4.33. The van der Waals surface area contributed by atoms with E-state index in [1.807, 2.05) is 28.8 Å². The smallest absolute Gasteiger partial charge is 0.408 e. The molecule has 0 aliphatic carbocycles. The van der Waals surface area contributed by atoms with Crippen molar-refractivity contribution in [1.29, 1.82) is 0 Å². The molecule has 3 heterocycles. The summed E-state index contributed by atoms with van der Waals surface area (Å²) in [6.45, 7) is 0.279. The number of nitrogens with zero attached hydrogens (tertiary/aromatic N) is 3. The largest absolute Gasteiger partial charge is 0.419 e. The summed E-state index contributed by atoms with van der Waals surface area (Å²) in [5.41, 5.74) is 1.80. The maximum atomic E-state index is 12.5. The Hall–Kier alpha value is -2.91. The average molecular weight is 386 g/mol. The molecule has 0 fully saturated rings. The van der Waals surface area contributed by atoms with E-state index in [1.54, 1.807) is 19.3 Å². The van der Waals surface area contributed by atoms with Gasteiger partial charge in [-0.3, -0.25) is 4.57 Å². The van der Waals surface area contributed by atoms with Crippen LogP contribution < -0.4 is 10.5 Å². The van der Waals surface area contributed by atoms with Crippen LogP contribution in [0.3, 0.4) is 0 Å². The van der Waals surface area contributed by atoms with Gasteiger partial charge in [0.05, 0.1) is 22.1 Å². The molecule has 0 aliphatic heterocycles. The number of aromatic nitrogens is 3. The van der Waals surface area contributed by atoms with Crippen LogP contribution in [0.25, 0.3) is 16.6 Å². The molecule has 0 atom stereocenters. The molecule has 0 spiro atoms. The quantitative estimate of drug-likeness (QED) is 0.509. The number of sulfonamides is 1. The lowest BCUT2D eigenvalue weighted by Gasteiger charge is -2.07. The summed E-state index contributed by atoms with van der Waals surface area (Å²) in [7, 11) is -2.12. The summed E-state index contributed by atoms with van der Waals surface area (Å²) in [4.78, 5) is 16.0. The zero-order valence-electron chi connectivity index (χ0n) is 14.6. The second-order valence-electron chi connectivity index (χ2n) is 6.23. The summed E-state index contributed by atoms with van der Waals surface area (Å²) in [6.07, 6.45) is 4.98. The third kappa shape index (κ3) is 3.26. The van der Waals surface area contributed by atoms with Gasteiger partial charge in [-0.2, -0.15) is 0 Å². The van der Waals surface area contributed by atoms with Crippen LogP contribution in [0, 0.1) is 0 Å². The predicted octanol–water partition coefficient (Wildman–Crippen LogP) is 1.69. The maximum Gasteiger partial charge on any atom is 0.419 e. The van der Waals surface area contributed by atoms with Gasteiger partial charge in [0.1, 0.15) is 5.82 Å². The average Bonchev–Trinajstić information content (AvgIpc) is 3.20. The lowest BCUT2D eigenvalue weighted by atomic mass is 10.3. The summed E-state index contributed by atoms with van der Waals surface area (Å²) in [6, 6.07) is 10.2. The molecule has 1 aromatic carbocycles. The first-order valence-electron chi connectivity index (χ1n) is 8.46. The predicted molar refractivity (Wildman–Crippen MR) is 100 cm³/mol. The highest BCUT2D eigenvalue weighted by Gasteiger charge is 2.16. The fourth-order valence-electron chi connectivity index (χ4n) is 3.00. The number of benzene rings is 1. The zero-order valence-corrected chi connectivity index (χ0v) is 15.4. The van der Waals surface area contributed by atoms with Crippen LogP contribution in [0.15, 0.2) is 62.9 Å². The molecule has 140 valence electrons. The van der Waals surface area contributed by atoms with Crippen molar-refractivity contribution in [2.24, 2.45) is 7.05 Å². The molecule has 0 saturated heterocycles. The molecule has 0 amide bonds. The van der Waals surface area contributed by atoms with Crippen molar-refractivity contribution in [3.05, 3.63) is 65.2 Å². The molecule has 9 heteroatoms. The van der Waals surface area contributed by atoms with Gasteiger partial charge in [0, 0.05) is 32.3 Å². The van der Waals surface area contributed by atoms with E-state index in [1.165, 1.54) is 16.7 Å². The molecule has 1 N–H and O–H groups in total. The molecule has 0 aliphatic rings. The Morgan fingerprint density at radius 1 is 1.22 bits per heavy atom. The minimum Gasteiger partial charge on any atom is -0.408 e. The van der Waals surface area contributed by atoms with E-state index in [9.17, 15) is 13.2 Å². The Bertz CT molecular complexity index is 1280. The monoisotopic (exact) mass is 386 g/mol. The van der Waals surface area contributed by atoms with Crippen LogP contribution in [0.1, 0.15) is 12.2 Å². The molecule has 0 saturated carbocycles. The number of hydrogen-bond acceptors (Lipinski definition) is 5. The van der Waals surface area contributed by atoms with Crippen LogP contribution >= 0.6 is 0 Å². The minimum absolute atomic E-state index is 0.0654. The van der Waals surface area contributed by atoms with Crippen molar-refractivity contribution in [1.82, 2.24) is 18.7 Å². The van der Waals surface area contributed by atoms with Crippen molar-refractivity contribution in [2.75, 3.05) is 6.54 Å². The number of rotatable bonds is 6. The van der Waals surface area contributed by atoms with E-state index < -0.39 is 15.8 Å². The second-order valence-corrected chi connectivity index (χ2v) is 7.99. The molecule has 0 radical (unpaired) electrons. The zero-order chi connectivity index (χ0) is 19.0. The SMILES string of the molecule is Cn1c(=O)oc2cc(S(=O)(=O)NCCCc3ncc4ccccn34)ccc21. The lowest BCUT2D eigenvalue weighted by Crippen LogP contribution is -2.25. The lowest BCUT2D eigenvalue weighted by molar-refractivity contribution is 0.527. The molecule has 0 bridgehead atoms. The summed E-state index contributed by atoms with van der Waals surface area (Å²) < 4.78 is 35.9. The number of oxazole rings is 1. The fraction of sp³-hybridized carbons (Fsp3) is 0.222. The number of hydrogen-bond donors (Lipinski definition) is 1. The number of nitrogens with one attached hydrogen (secondary N) is 1. The van der Waals surface area contributed by atoms with Crippen LogP contribution in [0.4, 0.5) is 0 Å². The Balaban J connectivity index is 1.43. The highest BCUT2D eigenvalue weighted by atomic mass is 32.2. The number of pyridine rings is 1. The first kappa shape index (κ1) is 17.5. The topological polar surface area (TPSA) is 98.6 Å². The van der Waals surface area contributed by atoms with E-state index in [4.69, 9.17) is 4.42 Å². The standard InChI is InChI=1S/C18H18N4O4S/c1-21-15-8-7-14(11-16(15)26-18(21)23)27(24,25)20-9-4-6-17-19-12-13-5-2-3-10-22(13)17/h2-3,5,7-8,10-12,20H,4,6,9H2,1H3. The first-order valence-corrected chi connectivity index (χ1v) is 9.94. The molecule has 27 heavy (non-hydrogen) atoms. The van der Waals surface area contributed by atoms with E-state index in [0.29, 0.717) is 18.4 Å². The van der Waals surface area contributed by atoms with Crippen molar-refractivity contribution in [3.8, 4) is 0 Å². The van der Waals surface area contributed by atoms with E-state index in [2.05, 4.69) is 9.71 Å². The van der Waals surface area contributed by atoms with Crippen molar-refractivity contribution < 1.29 is 12.8 Å². The molecule has 3 aromatic heterocycles. The second kappa shape index (κ2) is 6.67. The third-order valence-electron chi connectivity index (χ3n) is 4.46. The molecular weight excluding hydrogens is 368 g/mol. The van der Waals surface area contributed by atoms with Gasteiger partial charge >= 0.3 is 5.76 Å². The Morgan fingerprint density at radius 2 is 2.07 bits per heavy atom. The summed E-state index contributed by atoms with van der Waals surface area (Å²) >= 11 is 0. The van der Waals surface area contributed by atoms with E-state index in [-0.39, 0.29) is 17.0 Å². The molecular formula is C18H18N4O4S. The van der Waals surface area contributed by atoms with Gasteiger partial charge in [-0.25, -0.2) is 22.9 Å². The van der Waals surface area contributed by atoms with Gasteiger partial charge in [0.2, 0.25) is 10.0 Å². The van der Waals surface area contributed by atoms with Crippen molar-refractivity contribution in [2.45, 2.75) is 17.7 Å². The Morgan fingerprint density at radius 3 is 2.93 bits per heavy atom. The molecule has 8 nitrogen and oxygen atoms in total. The van der Waals surface area contributed by atoms with E-state index >= 15 is 0 Å². The highest BCUT2D eigenvalue weighted by Crippen LogP contribution is 2.18. The number of imidazole rings is 1. The fourth-order valence-corrected chi connectivity index (χ4v) is 4.09. The Labute approximate surface area is 155 Å². The maximum absolute atomic E-state index is 12.5. The highest BCUT2D eigenvalue weighted by molar-refractivity contribution is 7.89. The van der Waals surface area contributed by atoms with Crippen LogP contribution in [0.5, 0.6) is 0 Å². The van der Waals surface area contributed by atoms with Gasteiger partial charge in [-0.1, -0.05) is 6.07 Å². The van der Waals surface area contributed by atoms with Gasteiger partial charge in [-0.15, -0.1) is 0 Å². The van der Waals surface area contributed by atoms with Gasteiger partial charge in [0.15, 0.2) is 5.58 Å². The molecule has 4 aromatic rings. The van der Waals surface area contributed by atoms with E-state index in [0.717, 1.165) is 11.3 Å². The van der Waals surface area contributed by atoms with Crippen LogP contribution in [0.2, 0.25) is 0 Å². The van der Waals surface area contributed by atoms with Gasteiger partial charge in [0.25, 0.3) is 0 Å². The van der Waals surface area contributed by atoms with Gasteiger partial charge in [-0.05, 0) is 30.7 Å². The number of aryl methyl sites for hydroxylation is 2. The molecule has 0 unspecified atom stereocenters. The minimum atomic E-state index is -3.69. The van der Waals surface area contributed by atoms with Crippen LogP contribution in [-0.4, -0.2) is 28.9 Å². The first-order chi connectivity index (χ1) is 13.0.